The van der Waals surface area contributed by atoms with Gasteiger partial charge in [0.1, 0.15) is 5.75 Å². The average molecular weight is 249 g/mol. The third-order valence-corrected chi connectivity index (χ3v) is 2.94. The van der Waals surface area contributed by atoms with Crippen molar-refractivity contribution in [2.75, 3.05) is 13.7 Å². The molecule has 0 radical (unpaired) electrons. The molecule has 0 saturated heterocycles. The average Bonchev–Trinajstić information content (AvgIpc) is 2.37. The van der Waals surface area contributed by atoms with Crippen molar-refractivity contribution >= 4 is 5.91 Å². The van der Waals surface area contributed by atoms with Gasteiger partial charge in [-0.05, 0) is 30.5 Å². The van der Waals surface area contributed by atoms with Gasteiger partial charge in [0.25, 0.3) is 0 Å². The van der Waals surface area contributed by atoms with Crippen LogP contribution < -0.4 is 10.1 Å². The Morgan fingerprint density at radius 2 is 2.11 bits per heavy atom. The first kappa shape index (κ1) is 14.6. The summed E-state index contributed by atoms with van der Waals surface area (Å²) in [6.07, 6.45) is 3.81. The highest BCUT2D eigenvalue weighted by Crippen LogP contribution is 2.19. The smallest absolute Gasteiger partial charge is 0.224 e. The van der Waals surface area contributed by atoms with E-state index >= 15 is 0 Å². The van der Waals surface area contributed by atoms with Gasteiger partial charge < -0.3 is 10.1 Å². The lowest BCUT2D eigenvalue weighted by Crippen LogP contribution is -2.26. The topological polar surface area (TPSA) is 38.3 Å². The molecule has 0 spiro atoms. The van der Waals surface area contributed by atoms with E-state index < -0.39 is 0 Å². The molecular weight excluding hydrogens is 226 g/mol. The molecule has 0 fully saturated rings. The molecule has 0 aromatic heterocycles. The summed E-state index contributed by atoms with van der Waals surface area (Å²) < 4.78 is 5.25. The van der Waals surface area contributed by atoms with Crippen LogP contribution in [0.3, 0.4) is 0 Å². The lowest BCUT2D eigenvalue weighted by atomic mass is 10.1. The van der Waals surface area contributed by atoms with Crippen molar-refractivity contribution in [3.8, 4) is 5.75 Å². The molecule has 0 saturated carbocycles. The lowest BCUT2D eigenvalue weighted by Gasteiger charge is -2.08. The summed E-state index contributed by atoms with van der Waals surface area (Å²) in [5, 5.41) is 2.94. The fourth-order valence-corrected chi connectivity index (χ4v) is 1.83. The molecule has 0 atom stereocenters. The van der Waals surface area contributed by atoms with Gasteiger partial charge in [0.2, 0.25) is 5.91 Å². The fraction of sp³-hybridized carbons (Fsp3) is 0.533. The molecule has 0 heterocycles. The van der Waals surface area contributed by atoms with E-state index in [0.717, 1.165) is 29.8 Å². The predicted octanol–water partition coefficient (Wildman–Crippen LogP) is 2.85. The van der Waals surface area contributed by atoms with Gasteiger partial charge in [0.15, 0.2) is 0 Å². The van der Waals surface area contributed by atoms with Crippen LogP contribution in [0.2, 0.25) is 0 Å². The molecule has 3 heteroatoms. The summed E-state index contributed by atoms with van der Waals surface area (Å²) >= 11 is 0. The third-order valence-electron chi connectivity index (χ3n) is 2.94. The van der Waals surface area contributed by atoms with E-state index in [1.807, 2.05) is 25.1 Å². The summed E-state index contributed by atoms with van der Waals surface area (Å²) in [5.74, 6) is 0.920. The van der Waals surface area contributed by atoms with E-state index in [2.05, 4.69) is 12.2 Å². The number of hydrogen-bond acceptors (Lipinski definition) is 2. The minimum Gasteiger partial charge on any atom is -0.496 e. The highest BCUT2D eigenvalue weighted by molar-refractivity contribution is 5.78. The maximum absolute atomic E-state index is 11.7. The van der Waals surface area contributed by atoms with E-state index in [1.165, 1.54) is 12.8 Å². The van der Waals surface area contributed by atoms with Crippen LogP contribution in [0.15, 0.2) is 18.2 Å². The van der Waals surface area contributed by atoms with E-state index in [1.54, 1.807) is 7.11 Å². The molecule has 0 bridgehead atoms. The molecule has 0 unspecified atom stereocenters. The Morgan fingerprint density at radius 3 is 2.78 bits per heavy atom. The number of amides is 1. The van der Waals surface area contributed by atoms with Gasteiger partial charge in [-0.3, -0.25) is 4.79 Å². The van der Waals surface area contributed by atoms with Crippen molar-refractivity contribution in [3.05, 3.63) is 29.3 Å². The number of benzene rings is 1. The quantitative estimate of drug-likeness (QED) is 0.755. The van der Waals surface area contributed by atoms with Crippen LogP contribution in [-0.4, -0.2) is 19.6 Å². The Morgan fingerprint density at radius 1 is 1.33 bits per heavy atom. The number of carbonyl (C=O) groups is 1. The summed E-state index contributed by atoms with van der Waals surface area (Å²) in [6, 6.07) is 5.89. The maximum atomic E-state index is 11.7. The Kier molecular flexibility index (Phi) is 6.26. The molecule has 100 valence electrons. The summed E-state index contributed by atoms with van der Waals surface area (Å²) in [7, 11) is 1.65. The van der Waals surface area contributed by atoms with E-state index in [4.69, 9.17) is 4.74 Å². The summed E-state index contributed by atoms with van der Waals surface area (Å²) in [4.78, 5) is 11.7. The van der Waals surface area contributed by atoms with E-state index in [9.17, 15) is 4.79 Å². The molecule has 1 rings (SSSR count). The molecule has 1 amide bonds. The minimum absolute atomic E-state index is 0.0806. The van der Waals surface area contributed by atoms with Crippen molar-refractivity contribution < 1.29 is 9.53 Å². The highest BCUT2D eigenvalue weighted by atomic mass is 16.5. The zero-order valence-corrected chi connectivity index (χ0v) is 11.6. The van der Waals surface area contributed by atoms with Crippen molar-refractivity contribution in [2.24, 2.45) is 0 Å². The molecule has 0 aliphatic heterocycles. The van der Waals surface area contributed by atoms with Crippen LogP contribution in [0.1, 0.15) is 37.3 Å². The van der Waals surface area contributed by atoms with Crippen LogP contribution in [0, 0.1) is 6.92 Å². The zero-order chi connectivity index (χ0) is 13.4. The van der Waals surface area contributed by atoms with Gasteiger partial charge >= 0.3 is 0 Å². The second-order valence-electron chi connectivity index (χ2n) is 4.54. The van der Waals surface area contributed by atoms with E-state index in [-0.39, 0.29) is 5.91 Å². The number of ether oxygens (including phenoxy) is 1. The van der Waals surface area contributed by atoms with Gasteiger partial charge in [-0.25, -0.2) is 0 Å². The van der Waals surface area contributed by atoms with Crippen molar-refractivity contribution in [1.29, 1.82) is 0 Å². The van der Waals surface area contributed by atoms with Crippen LogP contribution in [0.25, 0.3) is 0 Å². The highest BCUT2D eigenvalue weighted by Gasteiger charge is 2.05. The van der Waals surface area contributed by atoms with Crippen LogP contribution in [0.5, 0.6) is 5.75 Å². The number of methoxy groups -OCH3 is 1. The SMILES string of the molecule is CCCCCNC(=O)Cc1ccc(C)c(OC)c1. The van der Waals surface area contributed by atoms with Crippen molar-refractivity contribution in [1.82, 2.24) is 5.32 Å². The first-order chi connectivity index (χ1) is 8.67. The van der Waals surface area contributed by atoms with Gasteiger partial charge in [0.05, 0.1) is 13.5 Å². The molecule has 1 N–H and O–H groups in total. The second-order valence-corrected chi connectivity index (χ2v) is 4.54. The van der Waals surface area contributed by atoms with Crippen molar-refractivity contribution in [2.45, 2.75) is 39.5 Å². The van der Waals surface area contributed by atoms with Gasteiger partial charge in [-0.1, -0.05) is 31.9 Å². The van der Waals surface area contributed by atoms with Crippen molar-refractivity contribution in [3.63, 3.8) is 0 Å². The van der Waals surface area contributed by atoms with Crippen LogP contribution in [0.4, 0.5) is 0 Å². The van der Waals surface area contributed by atoms with Gasteiger partial charge in [-0.15, -0.1) is 0 Å². The fourth-order valence-electron chi connectivity index (χ4n) is 1.83. The monoisotopic (exact) mass is 249 g/mol. The van der Waals surface area contributed by atoms with Crippen LogP contribution >= 0.6 is 0 Å². The molecular formula is C15H23NO2. The Balaban J connectivity index is 2.44. The molecule has 1 aromatic carbocycles. The number of unbranched alkanes of at least 4 members (excludes halogenated alkanes) is 2. The normalized spacial score (nSPS) is 10.2. The van der Waals surface area contributed by atoms with Gasteiger partial charge in [0, 0.05) is 6.54 Å². The first-order valence-electron chi connectivity index (χ1n) is 6.57. The number of rotatable bonds is 7. The maximum Gasteiger partial charge on any atom is 0.224 e. The largest absolute Gasteiger partial charge is 0.496 e. The number of nitrogens with one attached hydrogen (secondary N) is 1. The minimum atomic E-state index is 0.0806. The first-order valence-corrected chi connectivity index (χ1v) is 6.57. The Hall–Kier alpha value is -1.51. The zero-order valence-electron chi connectivity index (χ0n) is 11.6. The number of aryl methyl sites for hydroxylation is 1. The Bertz CT molecular complexity index is 388. The van der Waals surface area contributed by atoms with E-state index in [0.29, 0.717) is 6.42 Å². The second kappa shape index (κ2) is 7.75. The lowest BCUT2D eigenvalue weighted by molar-refractivity contribution is -0.120. The number of hydrogen-bond donors (Lipinski definition) is 1. The molecule has 1 aromatic rings. The Labute approximate surface area is 110 Å². The van der Waals surface area contributed by atoms with Crippen LogP contribution in [-0.2, 0) is 11.2 Å². The van der Waals surface area contributed by atoms with Gasteiger partial charge in [-0.2, -0.15) is 0 Å². The number of carbonyl (C=O) groups excluding carboxylic acids is 1. The molecule has 0 aliphatic rings. The third kappa shape index (κ3) is 4.78. The molecule has 0 aliphatic carbocycles. The standard InChI is InChI=1S/C15H23NO2/c1-4-5-6-9-16-15(17)11-13-8-7-12(2)14(10-13)18-3/h7-8,10H,4-6,9,11H2,1-3H3,(H,16,17). The predicted molar refractivity (Wildman–Crippen MR) is 74.0 cm³/mol. The summed E-state index contributed by atoms with van der Waals surface area (Å²) in [6.45, 7) is 4.92. The molecule has 18 heavy (non-hydrogen) atoms. The molecule has 3 nitrogen and oxygen atoms in total. The summed E-state index contributed by atoms with van der Waals surface area (Å²) in [5.41, 5.74) is 2.08.